The van der Waals surface area contributed by atoms with Crippen LogP contribution in [-0.2, 0) is 4.79 Å². The Bertz CT molecular complexity index is 1390. The maximum Gasteiger partial charge on any atom is 0.248 e. The number of amides is 1. The van der Waals surface area contributed by atoms with Gasteiger partial charge in [-0.2, -0.15) is 0 Å². The summed E-state index contributed by atoms with van der Waals surface area (Å²) in [5.41, 5.74) is 3.78. The van der Waals surface area contributed by atoms with Gasteiger partial charge in [-0.1, -0.05) is 18.2 Å². The van der Waals surface area contributed by atoms with Gasteiger partial charge in [0.1, 0.15) is 11.3 Å². The highest BCUT2D eigenvalue weighted by Gasteiger charge is 2.15. The lowest BCUT2D eigenvalue weighted by Gasteiger charge is -2.33. The highest BCUT2D eigenvalue weighted by atomic mass is 16.1. The van der Waals surface area contributed by atoms with Gasteiger partial charge in [-0.3, -0.25) is 9.78 Å². The minimum absolute atomic E-state index is 0.179. The molecule has 4 aromatic rings. The van der Waals surface area contributed by atoms with Crippen LogP contribution in [-0.4, -0.2) is 64.0 Å². The summed E-state index contributed by atoms with van der Waals surface area (Å²) in [6.45, 7) is 5.82. The smallest absolute Gasteiger partial charge is 0.248 e. The standard InChI is InChI=1S/C27H28N8O/c1-3-5-24(36)31-21-7-4-6-19(16-21)25-26-20(10-11-28-25)17-30-27(33-26)32-22-8-9-23(29-18-22)35-14-12-34(2)13-15-35/h3-11,16-18H,12-15H2,1-2H3,(H,31,36)(H,30,32,33)/b5-3-. The molecule has 1 aliphatic heterocycles. The van der Waals surface area contributed by atoms with Gasteiger partial charge >= 0.3 is 0 Å². The number of hydrogen-bond donors (Lipinski definition) is 2. The Morgan fingerprint density at radius 3 is 2.61 bits per heavy atom. The van der Waals surface area contributed by atoms with Crippen molar-refractivity contribution >= 4 is 40.0 Å². The van der Waals surface area contributed by atoms with Crippen molar-refractivity contribution in [3.63, 3.8) is 0 Å². The third-order valence-electron chi connectivity index (χ3n) is 6.05. The van der Waals surface area contributed by atoms with Gasteiger partial charge in [0.05, 0.1) is 17.6 Å². The van der Waals surface area contributed by atoms with E-state index in [0.717, 1.165) is 48.6 Å². The van der Waals surface area contributed by atoms with Crippen LogP contribution in [0.1, 0.15) is 6.92 Å². The van der Waals surface area contributed by atoms with Crippen LogP contribution < -0.4 is 15.5 Å². The maximum atomic E-state index is 12.0. The summed E-state index contributed by atoms with van der Waals surface area (Å²) in [6, 6.07) is 13.5. The Hall–Kier alpha value is -4.37. The first kappa shape index (κ1) is 23.4. The summed E-state index contributed by atoms with van der Waals surface area (Å²) in [5.74, 6) is 1.26. The van der Waals surface area contributed by atoms with Gasteiger partial charge in [0.25, 0.3) is 0 Å². The maximum absolute atomic E-state index is 12.0. The molecule has 0 spiro atoms. The van der Waals surface area contributed by atoms with Crippen molar-refractivity contribution in [3.8, 4) is 11.3 Å². The topological polar surface area (TPSA) is 99.2 Å². The van der Waals surface area contributed by atoms with Crippen LogP contribution >= 0.6 is 0 Å². The largest absolute Gasteiger partial charge is 0.354 e. The molecule has 0 saturated carbocycles. The van der Waals surface area contributed by atoms with Crippen LogP contribution in [0.3, 0.4) is 0 Å². The number of likely N-dealkylation sites (N-methyl/N-ethyl adjacent to an activating group) is 1. The van der Waals surface area contributed by atoms with E-state index in [2.05, 4.69) is 42.4 Å². The molecular weight excluding hydrogens is 452 g/mol. The van der Waals surface area contributed by atoms with Gasteiger partial charge in [-0.25, -0.2) is 15.0 Å². The molecule has 1 fully saturated rings. The predicted octanol–water partition coefficient (Wildman–Crippen LogP) is 4.10. The van der Waals surface area contributed by atoms with E-state index in [1.807, 2.05) is 48.7 Å². The number of benzene rings is 1. The molecule has 1 saturated heterocycles. The fourth-order valence-corrected chi connectivity index (χ4v) is 4.12. The molecule has 0 atom stereocenters. The van der Waals surface area contributed by atoms with Crippen LogP contribution in [0.15, 0.2) is 73.2 Å². The van der Waals surface area contributed by atoms with Crippen molar-refractivity contribution in [2.24, 2.45) is 0 Å². The van der Waals surface area contributed by atoms with E-state index >= 15 is 0 Å². The van der Waals surface area contributed by atoms with Crippen molar-refractivity contribution in [1.29, 1.82) is 0 Å². The molecule has 0 bridgehead atoms. The molecule has 9 nitrogen and oxygen atoms in total. The molecule has 1 amide bonds. The number of nitrogens with zero attached hydrogens (tertiary/aromatic N) is 6. The van der Waals surface area contributed by atoms with Gasteiger partial charge in [0, 0.05) is 55.2 Å². The van der Waals surface area contributed by atoms with Gasteiger partial charge in [-0.05, 0) is 50.4 Å². The van der Waals surface area contributed by atoms with Gasteiger partial charge in [0.15, 0.2) is 0 Å². The third kappa shape index (κ3) is 5.31. The first-order valence-electron chi connectivity index (χ1n) is 11.9. The fourth-order valence-electron chi connectivity index (χ4n) is 4.12. The van der Waals surface area contributed by atoms with E-state index in [-0.39, 0.29) is 5.91 Å². The zero-order valence-electron chi connectivity index (χ0n) is 20.3. The first-order chi connectivity index (χ1) is 17.6. The first-order valence-corrected chi connectivity index (χ1v) is 11.9. The number of pyridine rings is 2. The molecule has 0 aliphatic carbocycles. The Balaban J connectivity index is 1.38. The average molecular weight is 481 g/mol. The van der Waals surface area contributed by atoms with Crippen LogP contribution in [0, 0.1) is 0 Å². The SMILES string of the molecule is C/C=C\C(=O)Nc1cccc(-c2nccc3cnc(Nc4ccc(N5CCN(C)CC5)nc4)nc23)c1. The number of allylic oxidation sites excluding steroid dienone is 1. The Morgan fingerprint density at radius 2 is 1.83 bits per heavy atom. The summed E-state index contributed by atoms with van der Waals surface area (Å²) in [7, 11) is 2.14. The minimum Gasteiger partial charge on any atom is -0.354 e. The number of anilines is 4. The molecule has 182 valence electrons. The van der Waals surface area contributed by atoms with Crippen molar-refractivity contribution in [2.45, 2.75) is 6.92 Å². The third-order valence-corrected chi connectivity index (χ3v) is 6.05. The Kier molecular flexibility index (Phi) is 6.81. The molecule has 2 N–H and O–H groups in total. The highest BCUT2D eigenvalue weighted by molar-refractivity contribution is 6.00. The van der Waals surface area contributed by atoms with Crippen molar-refractivity contribution in [2.75, 3.05) is 48.8 Å². The molecule has 4 heterocycles. The summed E-state index contributed by atoms with van der Waals surface area (Å²) in [6.07, 6.45) is 8.51. The lowest BCUT2D eigenvalue weighted by Crippen LogP contribution is -2.44. The van der Waals surface area contributed by atoms with Crippen molar-refractivity contribution in [3.05, 3.63) is 73.2 Å². The number of aromatic nitrogens is 4. The molecular formula is C27H28N8O. The van der Waals surface area contributed by atoms with Gasteiger partial charge in [0.2, 0.25) is 11.9 Å². The van der Waals surface area contributed by atoms with E-state index in [0.29, 0.717) is 22.8 Å². The molecule has 5 rings (SSSR count). The van der Waals surface area contributed by atoms with Crippen molar-refractivity contribution < 1.29 is 4.79 Å². The molecule has 1 aromatic carbocycles. The van der Waals surface area contributed by atoms with Crippen LogP contribution in [0.5, 0.6) is 0 Å². The summed E-state index contributed by atoms with van der Waals surface area (Å²) in [5, 5.41) is 7.00. The van der Waals surface area contributed by atoms with Gasteiger partial charge in [-0.15, -0.1) is 0 Å². The van der Waals surface area contributed by atoms with E-state index in [9.17, 15) is 4.79 Å². The number of carbonyl (C=O) groups is 1. The zero-order valence-corrected chi connectivity index (χ0v) is 20.3. The second-order valence-electron chi connectivity index (χ2n) is 8.68. The molecule has 3 aromatic heterocycles. The Morgan fingerprint density at radius 1 is 0.972 bits per heavy atom. The molecule has 0 radical (unpaired) electrons. The highest BCUT2D eigenvalue weighted by Crippen LogP contribution is 2.28. The second kappa shape index (κ2) is 10.5. The number of rotatable bonds is 6. The van der Waals surface area contributed by atoms with E-state index in [4.69, 9.17) is 4.98 Å². The number of nitrogens with one attached hydrogen (secondary N) is 2. The number of carbonyl (C=O) groups excluding carboxylic acids is 1. The van der Waals surface area contributed by atoms with Crippen LogP contribution in [0.2, 0.25) is 0 Å². The van der Waals surface area contributed by atoms with Gasteiger partial charge < -0.3 is 20.4 Å². The lowest BCUT2D eigenvalue weighted by atomic mass is 10.1. The van der Waals surface area contributed by atoms with Crippen molar-refractivity contribution in [1.82, 2.24) is 24.8 Å². The molecule has 0 unspecified atom stereocenters. The predicted molar refractivity (Wildman–Crippen MR) is 143 cm³/mol. The summed E-state index contributed by atoms with van der Waals surface area (Å²) < 4.78 is 0. The zero-order chi connectivity index (χ0) is 24.9. The average Bonchev–Trinajstić information content (AvgIpc) is 2.89. The fraction of sp³-hybridized carbons (Fsp3) is 0.222. The van der Waals surface area contributed by atoms with Crippen LogP contribution in [0.4, 0.5) is 23.1 Å². The lowest BCUT2D eigenvalue weighted by molar-refractivity contribution is -0.111. The normalized spacial score (nSPS) is 14.3. The quantitative estimate of drug-likeness (QED) is 0.398. The number of hydrogen-bond acceptors (Lipinski definition) is 8. The van der Waals surface area contributed by atoms with E-state index in [1.165, 1.54) is 6.08 Å². The summed E-state index contributed by atoms with van der Waals surface area (Å²) in [4.78, 5) is 35.0. The number of fused-ring (bicyclic) bond motifs is 1. The van der Waals surface area contributed by atoms with E-state index < -0.39 is 0 Å². The minimum atomic E-state index is -0.179. The second-order valence-corrected chi connectivity index (χ2v) is 8.68. The Labute approximate surface area is 209 Å². The monoisotopic (exact) mass is 480 g/mol. The van der Waals surface area contributed by atoms with E-state index in [1.54, 1.807) is 25.4 Å². The molecule has 36 heavy (non-hydrogen) atoms. The molecule has 1 aliphatic rings. The molecule has 9 heteroatoms. The summed E-state index contributed by atoms with van der Waals surface area (Å²) >= 11 is 0. The van der Waals surface area contributed by atoms with Crippen LogP contribution in [0.25, 0.3) is 22.2 Å². The number of piperazine rings is 1.